The van der Waals surface area contributed by atoms with Crippen LogP contribution in [0.2, 0.25) is 0 Å². The summed E-state index contributed by atoms with van der Waals surface area (Å²) in [6, 6.07) is -2.07. The predicted molar refractivity (Wildman–Crippen MR) is 74.5 cm³/mol. The summed E-state index contributed by atoms with van der Waals surface area (Å²) in [5, 5.41) is 13.9. The molecule has 1 aliphatic carbocycles. The Balaban J connectivity index is 2.50. The van der Waals surface area contributed by atoms with Gasteiger partial charge in [-0.05, 0) is 13.3 Å². The number of urea groups is 1. The van der Waals surface area contributed by atoms with Crippen LogP contribution in [-0.4, -0.2) is 47.8 Å². The van der Waals surface area contributed by atoms with E-state index in [-0.39, 0.29) is 17.6 Å². The predicted octanol–water partition coefficient (Wildman–Crippen LogP) is -0.182. The normalized spacial score (nSPS) is 24.5. The Hall–Kier alpha value is -1.83. The third-order valence-corrected chi connectivity index (χ3v) is 3.86. The van der Waals surface area contributed by atoms with E-state index < -0.39 is 30.4 Å². The standard InChI is InChI=1S/C13H23N3O5/c1-4-21-9-6-8(13(9,2)3)16-12(20)15-7(11(18)19)5-10(14)17/h7-9H,4-6H2,1-3H3,(H2,14,17)(H,18,19)(H2,15,16,20)/t7-,8?,9?/m1/s1. The second kappa shape index (κ2) is 6.75. The summed E-state index contributed by atoms with van der Waals surface area (Å²) in [5.41, 5.74) is 4.72. The monoisotopic (exact) mass is 301 g/mol. The molecule has 0 heterocycles. The summed E-state index contributed by atoms with van der Waals surface area (Å²) in [6.07, 6.45) is 0.286. The number of rotatable bonds is 7. The number of carbonyl (C=O) groups excluding carboxylic acids is 2. The molecule has 0 aliphatic heterocycles. The number of nitrogens with two attached hydrogens (primary N) is 1. The van der Waals surface area contributed by atoms with E-state index in [1.165, 1.54) is 0 Å². The van der Waals surface area contributed by atoms with Crippen LogP contribution >= 0.6 is 0 Å². The molecular formula is C13H23N3O5. The molecule has 1 saturated carbocycles. The van der Waals surface area contributed by atoms with E-state index in [4.69, 9.17) is 15.6 Å². The van der Waals surface area contributed by atoms with Crippen LogP contribution in [0.5, 0.6) is 0 Å². The largest absolute Gasteiger partial charge is 0.480 e. The number of carboxylic acids is 1. The molecule has 1 rings (SSSR count). The fourth-order valence-electron chi connectivity index (χ4n) is 2.37. The molecule has 2 unspecified atom stereocenters. The van der Waals surface area contributed by atoms with Gasteiger partial charge in [0.2, 0.25) is 5.91 Å². The maximum atomic E-state index is 11.8. The SMILES string of the molecule is CCOC1CC(NC(=O)N[C@H](CC(N)=O)C(=O)O)C1(C)C. The lowest BCUT2D eigenvalue weighted by Gasteiger charge is -2.51. The zero-order valence-corrected chi connectivity index (χ0v) is 12.5. The van der Waals surface area contributed by atoms with Crippen molar-refractivity contribution in [2.75, 3.05) is 6.61 Å². The zero-order valence-electron chi connectivity index (χ0n) is 12.5. The second-order valence-corrected chi connectivity index (χ2v) is 5.73. The lowest BCUT2D eigenvalue weighted by atomic mass is 9.64. The van der Waals surface area contributed by atoms with Crippen molar-refractivity contribution in [3.8, 4) is 0 Å². The van der Waals surface area contributed by atoms with Crippen LogP contribution in [-0.2, 0) is 14.3 Å². The summed E-state index contributed by atoms with van der Waals surface area (Å²) in [4.78, 5) is 33.5. The number of primary amides is 1. The lowest BCUT2D eigenvalue weighted by Crippen LogP contribution is -2.64. The molecule has 8 nitrogen and oxygen atoms in total. The highest BCUT2D eigenvalue weighted by Crippen LogP contribution is 2.42. The number of hydrogen-bond acceptors (Lipinski definition) is 4. The minimum Gasteiger partial charge on any atom is -0.480 e. The van der Waals surface area contributed by atoms with E-state index >= 15 is 0 Å². The van der Waals surface area contributed by atoms with Gasteiger partial charge in [0.25, 0.3) is 0 Å². The van der Waals surface area contributed by atoms with Gasteiger partial charge in [-0.15, -0.1) is 0 Å². The van der Waals surface area contributed by atoms with Gasteiger partial charge in [-0.3, -0.25) is 4.79 Å². The fraction of sp³-hybridized carbons (Fsp3) is 0.769. The molecule has 0 spiro atoms. The molecule has 0 saturated heterocycles. The molecule has 0 bridgehead atoms. The highest BCUT2D eigenvalue weighted by Gasteiger charge is 2.49. The van der Waals surface area contributed by atoms with Crippen molar-refractivity contribution in [1.29, 1.82) is 0 Å². The Morgan fingerprint density at radius 1 is 1.43 bits per heavy atom. The van der Waals surface area contributed by atoms with Gasteiger partial charge in [-0.25, -0.2) is 9.59 Å². The Bertz CT molecular complexity index is 424. The quantitative estimate of drug-likeness (QED) is 0.518. The van der Waals surface area contributed by atoms with Crippen molar-refractivity contribution >= 4 is 17.9 Å². The molecular weight excluding hydrogens is 278 g/mol. The highest BCUT2D eigenvalue weighted by atomic mass is 16.5. The lowest BCUT2D eigenvalue weighted by molar-refractivity contribution is -0.141. The zero-order chi connectivity index (χ0) is 16.2. The van der Waals surface area contributed by atoms with Crippen LogP contribution in [0, 0.1) is 5.41 Å². The fourth-order valence-corrected chi connectivity index (χ4v) is 2.37. The number of amides is 3. The summed E-state index contributed by atoms with van der Waals surface area (Å²) >= 11 is 0. The third-order valence-electron chi connectivity index (χ3n) is 3.86. The van der Waals surface area contributed by atoms with E-state index in [0.717, 1.165) is 0 Å². The van der Waals surface area contributed by atoms with Gasteiger partial charge < -0.3 is 26.2 Å². The first-order valence-electron chi connectivity index (χ1n) is 6.88. The molecule has 0 radical (unpaired) electrons. The first-order chi connectivity index (χ1) is 9.68. The molecule has 0 aromatic carbocycles. The smallest absolute Gasteiger partial charge is 0.326 e. The molecule has 21 heavy (non-hydrogen) atoms. The van der Waals surface area contributed by atoms with E-state index in [1.807, 2.05) is 20.8 Å². The van der Waals surface area contributed by atoms with Crippen LogP contribution in [0.1, 0.15) is 33.6 Å². The Kier molecular flexibility index (Phi) is 5.54. The van der Waals surface area contributed by atoms with Crippen molar-refractivity contribution in [2.24, 2.45) is 11.1 Å². The van der Waals surface area contributed by atoms with Crippen LogP contribution in [0.25, 0.3) is 0 Å². The summed E-state index contributed by atoms with van der Waals surface area (Å²) < 4.78 is 5.55. The number of carbonyl (C=O) groups is 3. The van der Waals surface area contributed by atoms with E-state index in [1.54, 1.807) is 0 Å². The van der Waals surface area contributed by atoms with E-state index in [2.05, 4.69) is 10.6 Å². The van der Waals surface area contributed by atoms with Crippen molar-refractivity contribution in [3.05, 3.63) is 0 Å². The van der Waals surface area contributed by atoms with Gasteiger partial charge in [-0.1, -0.05) is 13.8 Å². The topological polar surface area (TPSA) is 131 Å². The molecule has 8 heteroatoms. The van der Waals surface area contributed by atoms with Gasteiger partial charge in [0.1, 0.15) is 6.04 Å². The maximum Gasteiger partial charge on any atom is 0.326 e. The summed E-state index contributed by atoms with van der Waals surface area (Å²) in [5.74, 6) is -2.09. The number of nitrogens with one attached hydrogen (secondary N) is 2. The van der Waals surface area contributed by atoms with Crippen LogP contribution in [0.15, 0.2) is 0 Å². The first-order valence-corrected chi connectivity index (χ1v) is 6.88. The van der Waals surface area contributed by atoms with Crippen LogP contribution < -0.4 is 16.4 Å². The molecule has 1 fully saturated rings. The highest BCUT2D eigenvalue weighted by molar-refractivity contribution is 5.87. The summed E-state index contributed by atoms with van der Waals surface area (Å²) in [7, 11) is 0. The van der Waals surface area contributed by atoms with Crippen molar-refractivity contribution in [2.45, 2.75) is 51.8 Å². The minimum absolute atomic E-state index is 0.0636. The first kappa shape index (κ1) is 17.2. The van der Waals surface area contributed by atoms with E-state index in [0.29, 0.717) is 13.0 Å². The van der Waals surface area contributed by atoms with E-state index in [9.17, 15) is 14.4 Å². The molecule has 0 aromatic heterocycles. The number of hydrogen-bond donors (Lipinski definition) is 4. The van der Waals surface area contributed by atoms with Crippen LogP contribution in [0.4, 0.5) is 4.79 Å². The van der Waals surface area contributed by atoms with Crippen molar-refractivity contribution < 1.29 is 24.2 Å². The van der Waals surface area contributed by atoms with Gasteiger partial charge >= 0.3 is 12.0 Å². The minimum atomic E-state index is -1.33. The second-order valence-electron chi connectivity index (χ2n) is 5.73. The van der Waals surface area contributed by atoms with Gasteiger partial charge in [0.15, 0.2) is 0 Å². The molecule has 5 N–H and O–H groups in total. The van der Waals surface area contributed by atoms with Gasteiger partial charge in [-0.2, -0.15) is 0 Å². The summed E-state index contributed by atoms with van der Waals surface area (Å²) in [6.45, 7) is 6.46. The Labute approximate surface area is 123 Å². The molecule has 1 aliphatic rings. The number of carboxylic acid groups (broad SMARTS) is 1. The number of aliphatic carboxylic acids is 1. The van der Waals surface area contributed by atoms with Crippen LogP contribution in [0.3, 0.4) is 0 Å². The molecule has 120 valence electrons. The Morgan fingerprint density at radius 2 is 2.05 bits per heavy atom. The van der Waals surface area contributed by atoms with Gasteiger partial charge in [0.05, 0.1) is 12.5 Å². The maximum absolute atomic E-state index is 11.8. The van der Waals surface area contributed by atoms with Gasteiger partial charge in [0, 0.05) is 18.1 Å². The molecule has 0 aromatic rings. The average Bonchev–Trinajstić information content (AvgIpc) is 2.36. The molecule has 3 amide bonds. The molecule has 3 atom stereocenters. The Morgan fingerprint density at radius 3 is 2.48 bits per heavy atom. The van der Waals surface area contributed by atoms with Crippen molar-refractivity contribution in [3.63, 3.8) is 0 Å². The van der Waals surface area contributed by atoms with Crippen molar-refractivity contribution in [1.82, 2.24) is 10.6 Å². The number of ether oxygens (including phenoxy) is 1. The average molecular weight is 301 g/mol. The third kappa shape index (κ3) is 4.32.